The molecule has 3 heteroatoms. The highest BCUT2D eigenvalue weighted by Crippen LogP contribution is 1.93. The van der Waals surface area contributed by atoms with E-state index in [1.165, 1.54) is 6.04 Å². The Morgan fingerprint density at radius 3 is 2.50 bits per heavy atom. The molecule has 2 nitrogen and oxygen atoms in total. The zero-order valence-electron chi connectivity index (χ0n) is 7.22. The predicted molar refractivity (Wildman–Crippen MR) is 45.9 cm³/mol. The van der Waals surface area contributed by atoms with E-state index < -0.39 is 9.04 Å². The van der Waals surface area contributed by atoms with Gasteiger partial charge in [-0.3, -0.25) is 0 Å². The van der Waals surface area contributed by atoms with E-state index in [1.807, 2.05) is 0 Å². The first-order chi connectivity index (χ1) is 4.81. The fourth-order valence-corrected chi connectivity index (χ4v) is 1.41. The minimum absolute atomic E-state index is 0.780. The van der Waals surface area contributed by atoms with Gasteiger partial charge in [0.15, 0.2) is 9.04 Å². The van der Waals surface area contributed by atoms with Crippen LogP contribution in [0.1, 0.15) is 13.3 Å². The molecule has 0 N–H and O–H groups in total. The summed E-state index contributed by atoms with van der Waals surface area (Å²) >= 11 is 0. The lowest BCUT2D eigenvalue weighted by atomic mass is 10.5. The molecule has 10 heavy (non-hydrogen) atoms. The van der Waals surface area contributed by atoms with Crippen molar-refractivity contribution in [2.24, 2.45) is 0 Å². The summed E-state index contributed by atoms with van der Waals surface area (Å²) in [5.41, 5.74) is 0. The summed E-state index contributed by atoms with van der Waals surface area (Å²) in [6.45, 7) is 6.12. The van der Waals surface area contributed by atoms with Gasteiger partial charge in [0.2, 0.25) is 0 Å². The molecule has 0 fully saturated rings. The van der Waals surface area contributed by atoms with Gasteiger partial charge in [-0.15, -0.1) is 0 Å². The number of hydrogen-bond acceptors (Lipinski definition) is 2. The second kappa shape index (κ2) is 7.25. The monoisotopic (exact) mass is 162 g/mol. The van der Waals surface area contributed by atoms with Crippen molar-refractivity contribution >= 4 is 9.04 Å². The second-order valence-electron chi connectivity index (χ2n) is 2.44. The third-order valence-corrected chi connectivity index (χ3v) is 3.42. The van der Waals surface area contributed by atoms with Crippen LogP contribution in [0, 0.1) is 0 Å². The van der Waals surface area contributed by atoms with E-state index in [4.69, 9.17) is 9.16 Å². The van der Waals surface area contributed by atoms with E-state index >= 15 is 0 Å². The summed E-state index contributed by atoms with van der Waals surface area (Å²) in [5.74, 6) is 0. The minimum atomic E-state index is -0.780. The third kappa shape index (κ3) is 6.26. The van der Waals surface area contributed by atoms with Gasteiger partial charge in [-0.2, -0.15) is 0 Å². The molecule has 0 saturated heterocycles. The molecule has 0 rings (SSSR count). The molecule has 0 aromatic rings. The Kier molecular flexibility index (Phi) is 7.35. The maximum absolute atomic E-state index is 5.55. The van der Waals surface area contributed by atoms with Crippen LogP contribution in [0.4, 0.5) is 0 Å². The van der Waals surface area contributed by atoms with Crippen LogP contribution in [0.25, 0.3) is 0 Å². The highest BCUT2D eigenvalue weighted by atomic mass is 28.3. The molecule has 0 saturated carbocycles. The van der Waals surface area contributed by atoms with Crippen LogP contribution in [0.5, 0.6) is 0 Å². The standard InChI is InChI=1S/C7H18O2Si/c1-4-10(3)9-7-5-6-8-2/h10H,4-7H2,1-3H3. The van der Waals surface area contributed by atoms with Crippen molar-refractivity contribution in [1.82, 2.24) is 0 Å². The summed E-state index contributed by atoms with van der Waals surface area (Å²) in [5, 5.41) is 0. The molecule has 0 aliphatic heterocycles. The van der Waals surface area contributed by atoms with Crippen molar-refractivity contribution in [2.45, 2.75) is 25.9 Å². The highest BCUT2D eigenvalue weighted by Gasteiger charge is 1.98. The van der Waals surface area contributed by atoms with E-state index in [1.54, 1.807) is 7.11 Å². The summed E-state index contributed by atoms with van der Waals surface area (Å²) in [7, 11) is 0.943. The van der Waals surface area contributed by atoms with Crippen LogP contribution in [0.2, 0.25) is 12.6 Å². The van der Waals surface area contributed by atoms with Gasteiger partial charge in [0.25, 0.3) is 0 Å². The van der Waals surface area contributed by atoms with E-state index in [0.717, 1.165) is 19.6 Å². The average molecular weight is 162 g/mol. The maximum atomic E-state index is 5.55. The first-order valence-electron chi connectivity index (χ1n) is 3.91. The smallest absolute Gasteiger partial charge is 0.173 e. The summed E-state index contributed by atoms with van der Waals surface area (Å²) in [6, 6.07) is 1.23. The van der Waals surface area contributed by atoms with Crippen molar-refractivity contribution in [3.05, 3.63) is 0 Å². The van der Waals surface area contributed by atoms with Crippen molar-refractivity contribution < 1.29 is 9.16 Å². The van der Waals surface area contributed by atoms with E-state index in [9.17, 15) is 0 Å². The number of hydrogen-bond donors (Lipinski definition) is 0. The zero-order chi connectivity index (χ0) is 7.82. The van der Waals surface area contributed by atoms with Crippen molar-refractivity contribution in [3.63, 3.8) is 0 Å². The Bertz CT molecular complexity index is 68.6. The number of methoxy groups -OCH3 is 1. The van der Waals surface area contributed by atoms with Gasteiger partial charge in [-0.1, -0.05) is 6.92 Å². The summed E-state index contributed by atoms with van der Waals surface area (Å²) in [6.07, 6.45) is 1.04. The molecule has 0 radical (unpaired) electrons. The molecule has 0 aromatic heterocycles. The summed E-state index contributed by atoms with van der Waals surface area (Å²) < 4.78 is 10.4. The van der Waals surface area contributed by atoms with Gasteiger partial charge < -0.3 is 9.16 Å². The lowest BCUT2D eigenvalue weighted by molar-refractivity contribution is 0.172. The Balaban J connectivity index is 2.89. The van der Waals surface area contributed by atoms with E-state index in [0.29, 0.717) is 0 Å². The van der Waals surface area contributed by atoms with Crippen LogP contribution in [-0.2, 0) is 9.16 Å². The van der Waals surface area contributed by atoms with Crippen molar-refractivity contribution in [3.8, 4) is 0 Å². The Morgan fingerprint density at radius 1 is 1.30 bits per heavy atom. The Hall–Kier alpha value is 0.137. The predicted octanol–water partition coefficient (Wildman–Crippen LogP) is 1.41. The maximum Gasteiger partial charge on any atom is 0.173 e. The SMILES string of the molecule is CC[SiH](C)OCCCOC. The molecule has 1 atom stereocenters. The molecule has 62 valence electrons. The van der Waals surface area contributed by atoms with Crippen LogP contribution < -0.4 is 0 Å². The second-order valence-corrected chi connectivity index (χ2v) is 5.21. The lowest BCUT2D eigenvalue weighted by Gasteiger charge is -2.07. The van der Waals surface area contributed by atoms with Gasteiger partial charge in [-0.05, 0) is 19.0 Å². The van der Waals surface area contributed by atoms with Crippen LogP contribution in [0.15, 0.2) is 0 Å². The van der Waals surface area contributed by atoms with Gasteiger partial charge in [0.05, 0.1) is 0 Å². The van der Waals surface area contributed by atoms with Crippen molar-refractivity contribution in [1.29, 1.82) is 0 Å². The van der Waals surface area contributed by atoms with Crippen LogP contribution >= 0.6 is 0 Å². The summed E-state index contributed by atoms with van der Waals surface area (Å²) in [4.78, 5) is 0. The molecule has 0 aliphatic carbocycles. The van der Waals surface area contributed by atoms with Gasteiger partial charge in [0.1, 0.15) is 0 Å². The first-order valence-corrected chi connectivity index (χ1v) is 6.36. The molecular formula is C7H18O2Si. The fraction of sp³-hybridized carbons (Fsp3) is 1.00. The Labute approximate surface area is 65.3 Å². The number of ether oxygens (including phenoxy) is 1. The van der Waals surface area contributed by atoms with Crippen LogP contribution in [0.3, 0.4) is 0 Å². The molecule has 0 aromatic carbocycles. The minimum Gasteiger partial charge on any atom is -0.420 e. The molecule has 0 amide bonds. The third-order valence-electron chi connectivity index (χ3n) is 1.47. The molecule has 0 aliphatic rings. The van der Waals surface area contributed by atoms with Gasteiger partial charge in [0, 0.05) is 20.3 Å². The average Bonchev–Trinajstić information content (AvgIpc) is 1.98. The van der Waals surface area contributed by atoms with Gasteiger partial charge in [-0.25, -0.2) is 0 Å². The topological polar surface area (TPSA) is 18.5 Å². The highest BCUT2D eigenvalue weighted by molar-refractivity contribution is 6.49. The molecule has 0 spiro atoms. The molecule has 0 heterocycles. The van der Waals surface area contributed by atoms with E-state index in [-0.39, 0.29) is 0 Å². The Morgan fingerprint density at radius 2 is 2.00 bits per heavy atom. The normalized spacial score (nSPS) is 13.5. The van der Waals surface area contributed by atoms with Crippen molar-refractivity contribution in [2.75, 3.05) is 20.3 Å². The van der Waals surface area contributed by atoms with E-state index in [2.05, 4.69) is 13.5 Å². The largest absolute Gasteiger partial charge is 0.420 e. The first kappa shape index (κ1) is 10.1. The zero-order valence-corrected chi connectivity index (χ0v) is 8.38. The lowest BCUT2D eigenvalue weighted by Crippen LogP contribution is -2.13. The molecule has 0 bridgehead atoms. The molecule has 1 unspecified atom stereocenters. The molecular weight excluding hydrogens is 144 g/mol. The fourth-order valence-electron chi connectivity index (χ4n) is 0.606. The number of rotatable bonds is 6. The quantitative estimate of drug-likeness (QED) is 0.434. The van der Waals surface area contributed by atoms with Gasteiger partial charge >= 0.3 is 0 Å². The van der Waals surface area contributed by atoms with Crippen LogP contribution in [-0.4, -0.2) is 29.4 Å².